The van der Waals surface area contributed by atoms with E-state index in [1.54, 1.807) is 0 Å². The Balaban J connectivity index is 1.87. The molecule has 116 valence electrons. The summed E-state index contributed by atoms with van der Waals surface area (Å²) >= 11 is 3.53. The highest BCUT2D eigenvalue weighted by atomic mass is 79.9. The number of nitrogens with zero attached hydrogens (tertiary/aromatic N) is 2. The lowest BCUT2D eigenvalue weighted by Crippen LogP contribution is -2.14. The molecule has 0 radical (unpaired) electrons. The molecule has 1 fully saturated rings. The monoisotopic (exact) mass is 360 g/mol. The fourth-order valence-electron chi connectivity index (χ4n) is 2.31. The van der Waals surface area contributed by atoms with Crippen molar-refractivity contribution in [3.63, 3.8) is 0 Å². The standard InChI is InChI=1S/C17H21BrN4/c1-10(2)19-17-21-15(12-4-5-12)9-16(22-17)20-13-6-7-14(18)11(3)8-13/h6-10,12H,4-5H2,1-3H3,(H2,19,20,21,22). The molecule has 1 saturated carbocycles. The molecule has 0 spiro atoms. The largest absolute Gasteiger partial charge is 0.352 e. The third kappa shape index (κ3) is 3.77. The molecule has 2 N–H and O–H groups in total. The molecule has 5 heteroatoms. The highest BCUT2D eigenvalue weighted by Crippen LogP contribution is 2.40. The Labute approximate surface area is 139 Å². The van der Waals surface area contributed by atoms with Crippen LogP contribution in [-0.4, -0.2) is 16.0 Å². The lowest BCUT2D eigenvalue weighted by Gasteiger charge is -2.13. The molecule has 0 unspecified atom stereocenters. The van der Waals surface area contributed by atoms with Gasteiger partial charge in [0.15, 0.2) is 0 Å². The molecule has 22 heavy (non-hydrogen) atoms. The fraction of sp³-hybridized carbons (Fsp3) is 0.412. The van der Waals surface area contributed by atoms with Gasteiger partial charge in [0, 0.05) is 28.2 Å². The summed E-state index contributed by atoms with van der Waals surface area (Å²) in [5.74, 6) is 2.15. The molecule has 0 atom stereocenters. The van der Waals surface area contributed by atoms with Gasteiger partial charge >= 0.3 is 0 Å². The SMILES string of the molecule is Cc1cc(Nc2cc(C3CC3)nc(NC(C)C)n2)ccc1Br. The average Bonchev–Trinajstić information content (AvgIpc) is 3.26. The van der Waals surface area contributed by atoms with Crippen molar-refractivity contribution in [2.45, 2.75) is 45.6 Å². The maximum atomic E-state index is 4.64. The lowest BCUT2D eigenvalue weighted by molar-refractivity contribution is 0.864. The van der Waals surface area contributed by atoms with Crippen LogP contribution in [0.4, 0.5) is 17.5 Å². The van der Waals surface area contributed by atoms with E-state index >= 15 is 0 Å². The van der Waals surface area contributed by atoms with E-state index in [9.17, 15) is 0 Å². The number of rotatable bonds is 5. The molecule has 3 rings (SSSR count). The molecule has 0 aliphatic heterocycles. The van der Waals surface area contributed by atoms with E-state index in [2.05, 4.69) is 69.4 Å². The smallest absolute Gasteiger partial charge is 0.225 e. The highest BCUT2D eigenvalue weighted by molar-refractivity contribution is 9.10. The average molecular weight is 361 g/mol. The summed E-state index contributed by atoms with van der Waals surface area (Å²) < 4.78 is 1.11. The van der Waals surface area contributed by atoms with Crippen molar-refractivity contribution in [3.05, 3.63) is 40.0 Å². The van der Waals surface area contributed by atoms with E-state index in [1.807, 2.05) is 12.1 Å². The molecule has 2 aromatic rings. The molecule has 4 nitrogen and oxygen atoms in total. The van der Waals surface area contributed by atoms with Crippen LogP contribution in [0.15, 0.2) is 28.7 Å². The Kier molecular flexibility index (Phi) is 4.34. The minimum absolute atomic E-state index is 0.317. The fourth-order valence-corrected chi connectivity index (χ4v) is 2.56. The Morgan fingerprint density at radius 3 is 2.59 bits per heavy atom. The predicted molar refractivity (Wildman–Crippen MR) is 94.9 cm³/mol. The van der Waals surface area contributed by atoms with Crippen molar-refractivity contribution in [1.29, 1.82) is 0 Å². The number of halogens is 1. The van der Waals surface area contributed by atoms with Crippen LogP contribution in [0.1, 0.15) is 43.9 Å². The Morgan fingerprint density at radius 1 is 1.18 bits per heavy atom. The van der Waals surface area contributed by atoms with Crippen LogP contribution in [0.25, 0.3) is 0 Å². The molecule has 0 bridgehead atoms. The van der Waals surface area contributed by atoms with Gasteiger partial charge in [0.05, 0.1) is 5.69 Å². The minimum atomic E-state index is 0.317. The van der Waals surface area contributed by atoms with Gasteiger partial charge in [-0.2, -0.15) is 4.98 Å². The van der Waals surface area contributed by atoms with Gasteiger partial charge in [-0.3, -0.25) is 0 Å². The number of aryl methyl sites for hydroxylation is 1. The van der Waals surface area contributed by atoms with Gasteiger partial charge in [-0.05, 0) is 57.4 Å². The number of anilines is 3. The first-order valence-corrected chi connectivity index (χ1v) is 8.49. The zero-order chi connectivity index (χ0) is 15.7. The zero-order valence-electron chi connectivity index (χ0n) is 13.2. The predicted octanol–water partition coefficient (Wildman–Crippen LogP) is 4.99. The van der Waals surface area contributed by atoms with E-state index in [1.165, 1.54) is 18.4 Å². The molecule has 0 saturated heterocycles. The molecule has 0 amide bonds. The second-order valence-electron chi connectivity index (χ2n) is 6.16. The van der Waals surface area contributed by atoms with Crippen molar-refractivity contribution < 1.29 is 0 Å². The summed E-state index contributed by atoms with van der Waals surface area (Å²) in [5, 5.41) is 6.70. The second kappa shape index (κ2) is 6.24. The van der Waals surface area contributed by atoms with Crippen molar-refractivity contribution in [1.82, 2.24) is 9.97 Å². The van der Waals surface area contributed by atoms with Gasteiger partial charge in [-0.1, -0.05) is 15.9 Å². The van der Waals surface area contributed by atoms with Gasteiger partial charge in [0.25, 0.3) is 0 Å². The zero-order valence-corrected chi connectivity index (χ0v) is 14.7. The highest BCUT2D eigenvalue weighted by Gasteiger charge is 2.26. The van der Waals surface area contributed by atoms with Crippen LogP contribution in [0, 0.1) is 6.92 Å². The number of aromatic nitrogens is 2. The number of hydrogen-bond acceptors (Lipinski definition) is 4. The van der Waals surface area contributed by atoms with E-state index in [0.717, 1.165) is 21.7 Å². The van der Waals surface area contributed by atoms with Crippen molar-refractivity contribution in [2.75, 3.05) is 10.6 Å². The quantitative estimate of drug-likeness (QED) is 0.788. The first kappa shape index (κ1) is 15.3. The normalized spacial score (nSPS) is 14.2. The molecule has 1 aliphatic carbocycles. The molecular formula is C17H21BrN4. The Morgan fingerprint density at radius 2 is 1.95 bits per heavy atom. The van der Waals surface area contributed by atoms with E-state index in [4.69, 9.17) is 0 Å². The first-order valence-electron chi connectivity index (χ1n) is 7.70. The van der Waals surface area contributed by atoms with Crippen molar-refractivity contribution in [2.24, 2.45) is 0 Å². The summed E-state index contributed by atoms with van der Waals surface area (Å²) in [7, 11) is 0. The molecule has 1 aliphatic rings. The lowest BCUT2D eigenvalue weighted by atomic mass is 10.2. The van der Waals surface area contributed by atoms with E-state index < -0.39 is 0 Å². The topological polar surface area (TPSA) is 49.8 Å². The number of hydrogen-bond donors (Lipinski definition) is 2. The van der Waals surface area contributed by atoms with Crippen LogP contribution in [-0.2, 0) is 0 Å². The van der Waals surface area contributed by atoms with Crippen molar-refractivity contribution >= 4 is 33.4 Å². The third-order valence-electron chi connectivity index (χ3n) is 3.59. The third-order valence-corrected chi connectivity index (χ3v) is 4.48. The van der Waals surface area contributed by atoms with Gasteiger partial charge in [-0.15, -0.1) is 0 Å². The molecule has 1 aromatic carbocycles. The Bertz CT molecular complexity index is 680. The summed E-state index contributed by atoms with van der Waals surface area (Å²) in [4.78, 5) is 9.23. The van der Waals surface area contributed by atoms with Gasteiger partial charge in [0.1, 0.15) is 5.82 Å². The summed E-state index contributed by atoms with van der Waals surface area (Å²) in [6.45, 7) is 6.27. The van der Waals surface area contributed by atoms with Crippen LogP contribution in [0.3, 0.4) is 0 Å². The second-order valence-corrected chi connectivity index (χ2v) is 7.02. The summed E-state index contributed by atoms with van der Waals surface area (Å²) in [5.41, 5.74) is 3.37. The molecule has 1 aromatic heterocycles. The maximum absolute atomic E-state index is 4.64. The summed E-state index contributed by atoms with van der Waals surface area (Å²) in [6.07, 6.45) is 2.46. The minimum Gasteiger partial charge on any atom is -0.352 e. The van der Waals surface area contributed by atoms with E-state index in [-0.39, 0.29) is 0 Å². The van der Waals surface area contributed by atoms with Crippen LogP contribution in [0.2, 0.25) is 0 Å². The molecular weight excluding hydrogens is 340 g/mol. The van der Waals surface area contributed by atoms with Crippen LogP contribution < -0.4 is 10.6 Å². The molecule has 1 heterocycles. The summed E-state index contributed by atoms with van der Waals surface area (Å²) in [6, 6.07) is 8.59. The Hall–Kier alpha value is -1.62. The van der Waals surface area contributed by atoms with Gasteiger partial charge in [0.2, 0.25) is 5.95 Å². The van der Waals surface area contributed by atoms with Crippen molar-refractivity contribution in [3.8, 4) is 0 Å². The first-order chi connectivity index (χ1) is 10.5. The van der Waals surface area contributed by atoms with Crippen LogP contribution >= 0.6 is 15.9 Å². The van der Waals surface area contributed by atoms with Crippen LogP contribution in [0.5, 0.6) is 0 Å². The maximum Gasteiger partial charge on any atom is 0.225 e. The van der Waals surface area contributed by atoms with Gasteiger partial charge < -0.3 is 10.6 Å². The number of nitrogens with one attached hydrogen (secondary N) is 2. The van der Waals surface area contributed by atoms with Gasteiger partial charge in [-0.25, -0.2) is 4.98 Å². The van der Waals surface area contributed by atoms with E-state index in [0.29, 0.717) is 17.9 Å². The number of benzene rings is 1.